The van der Waals surface area contributed by atoms with E-state index in [-0.39, 0.29) is 5.75 Å². The molecule has 0 aliphatic rings. The maximum Gasteiger partial charge on any atom is 0.336 e. The fourth-order valence-corrected chi connectivity index (χ4v) is 0.976. The summed E-state index contributed by atoms with van der Waals surface area (Å²) in [4.78, 5) is 22.0. The summed E-state index contributed by atoms with van der Waals surface area (Å²) in [6.07, 6.45) is -5.32. The molecule has 0 N–H and O–H groups in total. The lowest BCUT2D eigenvalue weighted by atomic mass is 10.3. The van der Waals surface area contributed by atoms with Crippen LogP contribution in [0.25, 0.3) is 0 Å². The molecule has 1 unspecified atom stereocenters. The van der Waals surface area contributed by atoms with Crippen LogP contribution in [-0.2, 0) is 14.3 Å². The molecule has 0 saturated heterocycles. The first-order valence-corrected chi connectivity index (χ1v) is 5.07. The van der Waals surface area contributed by atoms with Crippen molar-refractivity contribution in [2.75, 3.05) is 0 Å². The fourth-order valence-electron chi connectivity index (χ4n) is 0.976. The first-order valence-electron chi connectivity index (χ1n) is 5.07. The summed E-state index contributed by atoms with van der Waals surface area (Å²) in [5, 5.41) is 0. The Balaban J connectivity index is 2.44. The molecule has 0 aliphatic heterocycles. The van der Waals surface area contributed by atoms with Crippen LogP contribution >= 0.6 is 0 Å². The highest BCUT2D eigenvalue weighted by atomic mass is 19.3. The van der Waals surface area contributed by atoms with Gasteiger partial charge in [-0.3, -0.25) is 0 Å². The Bertz CT molecular complexity index is 459. The van der Waals surface area contributed by atoms with Crippen molar-refractivity contribution in [3.8, 4) is 5.75 Å². The summed E-state index contributed by atoms with van der Waals surface area (Å²) in [5.74, 6) is -2.09. The topological polar surface area (TPSA) is 52.6 Å². The van der Waals surface area contributed by atoms with Gasteiger partial charge in [0.25, 0.3) is 0 Å². The maximum absolute atomic E-state index is 12.3. The number of alkyl halides is 3. The molecule has 0 aromatic heterocycles. The summed E-state index contributed by atoms with van der Waals surface area (Å²) < 4.78 is 44.1. The van der Waals surface area contributed by atoms with Crippen LogP contribution in [0.3, 0.4) is 0 Å². The lowest BCUT2D eigenvalue weighted by Crippen LogP contribution is -2.19. The molecule has 0 radical (unpaired) electrons. The van der Waals surface area contributed by atoms with Crippen molar-refractivity contribution in [1.29, 1.82) is 0 Å². The molecule has 102 valence electrons. The van der Waals surface area contributed by atoms with Crippen molar-refractivity contribution >= 4 is 11.9 Å². The third kappa shape index (κ3) is 5.71. The Morgan fingerprint density at radius 3 is 2.16 bits per heavy atom. The molecular weight excluding hydrogens is 265 g/mol. The van der Waals surface area contributed by atoms with Gasteiger partial charge in [-0.15, -0.1) is 0 Å². The molecule has 0 saturated carbocycles. The molecule has 0 fully saturated rings. The number of carbonyl (C=O) groups is 2. The number of carbonyl (C=O) groups excluding carboxylic acids is 2. The van der Waals surface area contributed by atoms with Gasteiger partial charge >= 0.3 is 24.7 Å². The van der Waals surface area contributed by atoms with Gasteiger partial charge in [-0.25, -0.2) is 18.4 Å². The number of rotatable bonds is 5. The van der Waals surface area contributed by atoms with Crippen LogP contribution in [0, 0.1) is 0 Å². The Labute approximate surface area is 106 Å². The number of ether oxygens (including phenoxy) is 2. The number of benzene rings is 1. The zero-order valence-corrected chi connectivity index (χ0v) is 9.46. The van der Waals surface area contributed by atoms with Gasteiger partial charge in [0, 0.05) is 12.2 Å². The van der Waals surface area contributed by atoms with Crippen molar-refractivity contribution in [2.24, 2.45) is 0 Å². The standard InChI is InChI=1S/C12H9F3O4/c13-11(14)12(15)19-10(17)7-6-9(16)18-8-4-2-1-3-5-8/h1-7,11-12H. The van der Waals surface area contributed by atoms with Gasteiger partial charge in [-0.1, -0.05) is 18.2 Å². The van der Waals surface area contributed by atoms with Gasteiger partial charge in [0.1, 0.15) is 5.75 Å². The van der Waals surface area contributed by atoms with Gasteiger partial charge in [-0.2, -0.15) is 4.39 Å². The van der Waals surface area contributed by atoms with E-state index in [9.17, 15) is 22.8 Å². The molecule has 19 heavy (non-hydrogen) atoms. The van der Waals surface area contributed by atoms with Crippen LogP contribution in [0.5, 0.6) is 5.75 Å². The Morgan fingerprint density at radius 1 is 1.00 bits per heavy atom. The van der Waals surface area contributed by atoms with E-state index >= 15 is 0 Å². The second-order valence-electron chi connectivity index (χ2n) is 3.19. The van der Waals surface area contributed by atoms with Crippen molar-refractivity contribution < 1.29 is 32.2 Å². The highest BCUT2D eigenvalue weighted by Gasteiger charge is 2.22. The van der Waals surface area contributed by atoms with Gasteiger partial charge in [0.05, 0.1) is 0 Å². The molecule has 1 atom stereocenters. The number of esters is 2. The molecule has 0 aliphatic carbocycles. The third-order valence-corrected chi connectivity index (χ3v) is 1.74. The number of hydrogen-bond acceptors (Lipinski definition) is 4. The largest absolute Gasteiger partial charge is 0.423 e. The minimum absolute atomic E-state index is 0.237. The zero-order chi connectivity index (χ0) is 14.3. The summed E-state index contributed by atoms with van der Waals surface area (Å²) in [6, 6.07) is 7.95. The second-order valence-corrected chi connectivity index (χ2v) is 3.19. The summed E-state index contributed by atoms with van der Waals surface area (Å²) >= 11 is 0. The average molecular weight is 274 g/mol. The Morgan fingerprint density at radius 2 is 1.58 bits per heavy atom. The van der Waals surface area contributed by atoms with E-state index in [1.165, 1.54) is 12.1 Å². The molecule has 0 bridgehead atoms. The van der Waals surface area contributed by atoms with Crippen LogP contribution in [-0.4, -0.2) is 24.7 Å². The minimum Gasteiger partial charge on any atom is -0.423 e. The molecule has 0 heterocycles. The fraction of sp³-hybridized carbons (Fsp3) is 0.167. The second kappa shape index (κ2) is 7.20. The SMILES string of the molecule is O=C(C=CC(=O)OC(F)C(F)F)Oc1ccccc1. The first-order chi connectivity index (χ1) is 8.99. The predicted octanol–water partition coefficient (Wildman–Crippen LogP) is 2.25. The third-order valence-electron chi connectivity index (χ3n) is 1.74. The monoisotopic (exact) mass is 274 g/mol. The first kappa shape index (κ1) is 14.7. The molecule has 0 spiro atoms. The molecule has 4 nitrogen and oxygen atoms in total. The smallest absolute Gasteiger partial charge is 0.336 e. The predicted molar refractivity (Wildman–Crippen MR) is 58.2 cm³/mol. The van der Waals surface area contributed by atoms with Crippen molar-refractivity contribution in [2.45, 2.75) is 12.8 Å². The van der Waals surface area contributed by atoms with Crippen LogP contribution in [0.15, 0.2) is 42.5 Å². The van der Waals surface area contributed by atoms with E-state index in [0.29, 0.717) is 12.2 Å². The van der Waals surface area contributed by atoms with Gasteiger partial charge in [-0.05, 0) is 12.1 Å². The van der Waals surface area contributed by atoms with E-state index in [0.717, 1.165) is 0 Å². The molecule has 7 heteroatoms. The van der Waals surface area contributed by atoms with E-state index in [1.54, 1.807) is 18.2 Å². The normalized spacial score (nSPS) is 12.4. The van der Waals surface area contributed by atoms with Crippen molar-refractivity contribution in [3.63, 3.8) is 0 Å². The molecular formula is C12H9F3O4. The summed E-state index contributed by atoms with van der Waals surface area (Å²) in [7, 11) is 0. The van der Waals surface area contributed by atoms with E-state index in [4.69, 9.17) is 4.74 Å². The summed E-state index contributed by atoms with van der Waals surface area (Å²) in [6.45, 7) is 0. The van der Waals surface area contributed by atoms with E-state index in [2.05, 4.69) is 4.74 Å². The summed E-state index contributed by atoms with van der Waals surface area (Å²) in [5.41, 5.74) is 0. The minimum atomic E-state index is -3.44. The highest BCUT2D eigenvalue weighted by molar-refractivity contribution is 5.92. The van der Waals surface area contributed by atoms with Crippen molar-refractivity contribution in [1.82, 2.24) is 0 Å². The van der Waals surface area contributed by atoms with Crippen LogP contribution in [0.1, 0.15) is 0 Å². The van der Waals surface area contributed by atoms with Crippen molar-refractivity contribution in [3.05, 3.63) is 42.5 Å². The van der Waals surface area contributed by atoms with E-state index < -0.39 is 24.7 Å². The Kier molecular flexibility index (Phi) is 5.59. The number of hydrogen-bond donors (Lipinski definition) is 0. The number of para-hydroxylation sites is 1. The molecule has 1 rings (SSSR count). The van der Waals surface area contributed by atoms with Crippen LogP contribution in [0.4, 0.5) is 13.2 Å². The highest BCUT2D eigenvalue weighted by Crippen LogP contribution is 2.09. The Hall–Kier alpha value is -2.31. The van der Waals surface area contributed by atoms with Crippen LogP contribution in [0.2, 0.25) is 0 Å². The molecule has 0 amide bonds. The quantitative estimate of drug-likeness (QED) is 0.469. The maximum atomic E-state index is 12.3. The molecule has 1 aromatic rings. The number of halogens is 3. The van der Waals surface area contributed by atoms with Crippen LogP contribution < -0.4 is 4.74 Å². The lowest BCUT2D eigenvalue weighted by Gasteiger charge is -2.05. The zero-order valence-electron chi connectivity index (χ0n) is 9.46. The van der Waals surface area contributed by atoms with E-state index in [1.807, 2.05) is 0 Å². The van der Waals surface area contributed by atoms with Gasteiger partial charge in [0.2, 0.25) is 0 Å². The van der Waals surface area contributed by atoms with Gasteiger partial charge in [0.15, 0.2) is 0 Å². The lowest BCUT2D eigenvalue weighted by molar-refractivity contribution is -0.168. The average Bonchev–Trinajstić information content (AvgIpc) is 2.37. The van der Waals surface area contributed by atoms with Gasteiger partial charge < -0.3 is 9.47 Å². The molecule has 1 aromatic carbocycles.